The van der Waals surface area contributed by atoms with E-state index in [4.69, 9.17) is 4.74 Å². The molecule has 1 unspecified atom stereocenters. The quantitative estimate of drug-likeness (QED) is 0.646. The molecule has 1 aliphatic heterocycles. The summed E-state index contributed by atoms with van der Waals surface area (Å²) in [5.74, 6) is 1.61. The number of likely N-dealkylation sites (tertiary alicyclic amines) is 1. The van der Waals surface area contributed by atoms with Gasteiger partial charge in [0, 0.05) is 50.0 Å². The second kappa shape index (κ2) is 8.39. The van der Waals surface area contributed by atoms with Crippen LogP contribution in [0.25, 0.3) is 0 Å². The van der Waals surface area contributed by atoms with Crippen LogP contribution in [0.4, 0.5) is 0 Å². The van der Waals surface area contributed by atoms with E-state index < -0.39 is 0 Å². The predicted molar refractivity (Wildman–Crippen MR) is 105 cm³/mol. The zero-order valence-corrected chi connectivity index (χ0v) is 15.9. The number of methoxy groups -OCH3 is 1. The van der Waals surface area contributed by atoms with Gasteiger partial charge < -0.3 is 9.30 Å². The molecule has 0 N–H and O–H groups in total. The van der Waals surface area contributed by atoms with Gasteiger partial charge >= 0.3 is 0 Å². The molecule has 6 nitrogen and oxygen atoms in total. The van der Waals surface area contributed by atoms with Crippen LogP contribution in [0.15, 0.2) is 55.4 Å². The van der Waals surface area contributed by atoms with Gasteiger partial charge in [0.15, 0.2) is 0 Å². The van der Waals surface area contributed by atoms with E-state index >= 15 is 0 Å². The molecule has 1 aromatic carbocycles. The number of imidazole rings is 1. The summed E-state index contributed by atoms with van der Waals surface area (Å²) in [6.45, 7) is 5.08. The fraction of sp³-hybridized carbons (Fsp3) is 0.429. The highest BCUT2D eigenvalue weighted by molar-refractivity contribution is 5.37. The number of hydrogen-bond donors (Lipinski definition) is 0. The summed E-state index contributed by atoms with van der Waals surface area (Å²) in [7, 11) is 1.73. The van der Waals surface area contributed by atoms with Crippen LogP contribution in [0.5, 0.6) is 5.75 Å². The Kier molecular flexibility index (Phi) is 5.53. The molecule has 0 aliphatic carbocycles. The van der Waals surface area contributed by atoms with Crippen molar-refractivity contribution >= 4 is 0 Å². The minimum absolute atomic E-state index is 0.690. The second-order valence-corrected chi connectivity index (χ2v) is 7.35. The largest absolute Gasteiger partial charge is 0.496 e. The molecule has 27 heavy (non-hydrogen) atoms. The summed E-state index contributed by atoms with van der Waals surface area (Å²) in [6, 6.07) is 8.48. The van der Waals surface area contributed by atoms with E-state index in [1.165, 1.54) is 30.5 Å². The maximum Gasteiger partial charge on any atom is 0.123 e. The molecule has 2 aromatic heterocycles. The average molecular weight is 365 g/mol. The van der Waals surface area contributed by atoms with Crippen LogP contribution in [0.2, 0.25) is 0 Å². The highest BCUT2D eigenvalue weighted by Gasteiger charge is 2.20. The van der Waals surface area contributed by atoms with Crippen LogP contribution in [0, 0.1) is 5.92 Å². The van der Waals surface area contributed by atoms with E-state index in [9.17, 15) is 0 Å². The zero-order valence-electron chi connectivity index (χ0n) is 15.9. The Labute approximate surface area is 160 Å². The first-order chi connectivity index (χ1) is 13.3. The molecule has 0 radical (unpaired) electrons. The Morgan fingerprint density at radius 1 is 1.19 bits per heavy atom. The number of piperidine rings is 1. The number of ether oxygens (including phenoxy) is 1. The molecule has 4 rings (SSSR count). The van der Waals surface area contributed by atoms with E-state index in [1.807, 2.05) is 35.7 Å². The highest BCUT2D eigenvalue weighted by atomic mass is 16.5. The van der Waals surface area contributed by atoms with Crippen LogP contribution in [-0.4, -0.2) is 44.4 Å². The first-order valence-corrected chi connectivity index (χ1v) is 9.61. The molecule has 1 atom stereocenters. The molecule has 1 saturated heterocycles. The molecule has 0 spiro atoms. The molecule has 142 valence electrons. The molecule has 0 amide bonds. The van der Waals surface area contributed by atoms with Gasteiger partial charge in [0.05, 0.1) is 20.0 Å². The molecule has 6 heteroatoms. The van der Waals surface area contributed by atoms with Crippen LogP contribution < -0.4 is 4.74 Å². The number of aromatic nitrogens is 4. The summed E-state index contributed by atoms with van der Waals surface area (Å²) in [4.78, 5) is 6.74. The van der Waals surface area contributed by atoms with E-state index in [2.05, 4.69) is 43.9 Å². The third-order valence-electron chi connectivity index (χ3n) is 5.27. The number of benzene rings is 1. The summed E-state index contributed by atoms with van der Waals surface area (Å²) in [5, 5.41) is 4.32. The lowest BCUT2D eigenvalue weighted by molar-refractivity contribution is 0.156. The van der Waals surface area contributed by atoms with E-state index in [0.29, 0.717) is 5.92 Å². The number of rotatable bonds is 7. The van der Waals surface area contributed by atoms with Crippen molar-refractivity contribution in [1.82, 2.24) is 24.2 Å². The predicted octanol–water partition coefficient (Wildman–Crippen LogP) is 3.05. The molecular weight excluding hydrogens is 338 g/mol. The SMILES string of the molecule is COc1ccc(CN2CCCC(Cn3ccnc3)C2)cc1Cn1cccn1. The third kappa shape index (κ3) is 4.57. The van der Waals surface area contributed by atoms with Gasteiger partial charge in [-0.05, 0) is 49.1 Å². The summed E-state index contributed by atoms with van der Waals surface area (Å²) in [5.41, 5.74) is 2.51. The minimum Gasteiger partial charge on any atom is -0.496 e. The fourth-order valence-electron chi connectivity index (χ4n) is 4.02. The fourth-order valence-corrected chi connectivity index (χ4v) is 4.02. The Hall–Kier alpha value is -2.60. The number of hydrogen-bond acceptors (Lipinski definition) is 4. The summed E-state index contributed by atoms with van der Waals surface area (Å²) >= 11 is 0. The first-order valence-electron chi connectivity index (χ1n) is 9.61. The van der Waals surface area contributed by atoms with E-state index in [1.54, 1.807) is 7.11 Å². The summed E-state index contributed by atoms with van der Waals surface area (Å²) in [6.07, 6.45) is 12.2. The van der Waals surface area contributed by atoms with Gasteiger partial charge in [-0.25, -0.2) is 4.98 Å². The van der Waals surface area contributed by atoms with Gasteiger partial charge in [0.2, 0.25) is 0 Å². The van der Waals surface area contributed by atoms with Crippen molar-refractivity contribution < 1.29 is 4.74 Å². The van der Waals surface area contributed by atoms with Gasteiger partial charge in [0.25, 0.3) is 0 Å². The summed E-state index contributed by atoms with van der Waals surface area (Å²) < 4.78 is 9.68. The standard InChI is InChI=1S/C21H27N5O/c1-27-21-6-5-18(12-20(21)16-26-10-3-7-23-26)13-24-9-2-4-19(14-24)15-25-11-8-22-17-25/h3,5-8,10-12,17,19H,2,4,9,13-16H2,1H3. The monoisotopic (exact) mass is 365 g/mol. The highest BCUT2D eigenvalue weighted by Crippen LogP contribution is 2.24. The van der Waals surface area contributed by atoms with Crippen molar-refractivity contribution in [3.05, 3.63) is 66.5 Å². The molecule has 0 bridgehead atoms. The topological polar surface area (TPSA) is 48.1 Å². The van der Waals surface area contributed by atoms with Gasteiger partial charge in [-0.3, -0.25) is 9.58 Å². The Bertz CT molecular complexity index is 828. The van der Waals surface area contributed by atoms with E-state index in [-0.39, 0.29) is 0 Å². The molecule has 1 aliphatic rings. The van der Waals surface area contributed by atoms with Crippen LogP contribution in [-0.2, 0) is 19.6 Å². The van der Waals surface area contributed by atoms with Gasteiger partial charge in [-0.15, -0.1) is 0 Å². The average Bonchev–Trinajstić information content (AvgIpc) is 3.37. The second-order valence-electron chi connectivity index (χ2n) is 7.35. The van der Waals surface area contributed by atoms with Gasteiger partial charge in [-0.2, -0.15) is 5.10 Å². The molecular formula is C21H27N5O. The first kappa shape index (κ1) is 17.8. The van der Waals surface area contributed by atoms with Crippen molar-refractivity contribution in [2.24, 2.45) is 5.92 Å². The van der Waals surface area contributed by atoms with Gasteiger partial charge in [-0.1, -0.05) is 6.07 Å². The van der Waals surface area contributed by atoms with Crippen LogP contribution in [0.3, 0.4) is 0 Å². The Morgan fingerprint density at radius 3 is 2.93 bits per heavy atom. The van der Waals surface area contributed by atoms with Crippen LogP contribution >= 0.6 is 0 Å². The van der Waals surface area contributed by atoms with Crippen molar-refractivity contribution in [2.45, 2.75) is 32.5 Å². The lowest BCUT2D eigenvalue weighted by Gasteiger charge is -2.33. The lowest BCUT2D eigenvalue weighted by Crippen LogP contribution is -2.36. The van der Waals surface area contributed by atoms with Crippen LogP contribution in [0.1, 0.15) is 24.0 Å². The van der Waals surface area contributed by atoms with Crippen molar-refractivity contribution in [3.63, 3.8) is 0 Å². The molecule has 3 heterocycles. The maximum absolute atomic E-state index is 5.55. The Morgan fingerprint density at radius 2 is 2.15 bits per heavy atom. The lowest BCUT2D eigenvalue weighted by atomic mass is 9.97. The third-order valence-corrected chi connectivity index (χ3v) is 5.27. The Balaban J connectivity index is 1.42. The molecule has 3 aromatic rings. The molecule has 0 saturated carbocycles. The number of nitrogens with zero attached hydrogens (tertiary/aromatic N) is 5. The maximum atomic E-state index is 5.55. The van der Waals surface area contributed by atoms with Gasteiger partial charge in [0.1, 0.15) is 5.75 Å². The van der Waals surface area contributed by atoms with E-state index in [0.717, 1.165) is 31.9 Å². The molecule has 1 fully saturated rings. The van der Waals surface area contributed by atoms with Crippen molar-refractivity contribution in [3.8, 4) is 5.75 Å². The normalized spacial score (nSPS) is 17.9. The van der Waals surface area contributed by atoms with Crippen molar-refractivity contribution in [2.75, 3.05) is 20.2 Å². The zero-order chi connectivity index (χ0) is 18.5. The van der Waals surface area contributed by atoms with Crippen molar-refractivity contribution in [1.29, 1.82) is 0 Å². The minimum atomic E-state index is 0.690. The smallest absolute Gasteiger partial charge is 0.123 e.